The predicted molar refractivity (Wildman–Crippen MR) is 84.9 cm³/mol. The van der Waals surface area contributed by atoms with Crippen molar-refractivity contribution in [2.45, 2.75) is 32.2 Å². The van der Waals surface area contributed by atoms with Crippen LogP contribution in [0.25, 0.3) is 11.4 Å². The van der Waals surface area contributed by atoms with Crippen LogP contribution < -0.4 is 10.1 Å². The summed E-state index contributed by atoms with van der Waals surface area (Å²) in [5.41, 5.74) is -0.00437. The molecule has 0 bridgehead atoms. The average molecular weight is 326 g/mol. The molecule has 7 nitrogen and oxygen atoms in total. The molecule has 24 heavy (non-hydrogen) atoms. The van der Waals surface area contributed by atoms with Crippen LogP contribution in [-0.2, 0) is 4.79 Å². The highest BCUT2D eigenvalue weighted by molar-refractivity contribution is 5.79. The van der Waals surface area contributed by atoms with Crippen LogP contribution in [0.5, 0.6) is 5.75 Å². The van der Waals surface area contributed by atoms with Crippen LogP contribution in [0.4, 0.5) is 0 Å². The van der Waals surface area contributed by atoms with Crippen molar-refractivity contribution >= 4 is 5.91 Å². The van der Waals surface area contributed by atoms with Crippen LogP contribution in [-0.4, -0.2) is 28.2 Å². The molecule has 124 valence electrons. The second-order valence-electron chi connectivity index (χ2n) is 6.09. The molecule has 7 heteroatoms. The molecule has 1 heterocycles. The molecule has 0 aliphatic heterocycles. The second-order valence-corrected chi connectivity index (χ2v) is 6.09. The molecule has 0 radical (unpaired) electrons. The first-order valence-electron chi connectivity index (χ1n) is 7.76. The maximum Gasteiger partial charge on any atom is 0.259 e. The lowest BCUT2D eigenvalue weighted by Crippen LogP contribution is -2.48. The van der Waals surface area contributed by atoms with Gasteiger partial charge in [-0.2, -0.15) is 10.2 Å². The molecule has 1 amide bonds. The summed E-state index contributed by atoms with van der Waals surface area (Å²) in [6.45, 7) is 3.35. The minimum absolute atomic E-state index is 0.134. The number of amides is 1. The Morgan fingerprint density at radius 2 is 2.17 bits per heavy atom. The van der Waals surface area contributed by atoms with E-state index >= 15 is 0 Å². The first-order valence-corrected chi connectivity index (χ1v) is 7.76. The highest BCUT2D eigenvalue weighted by Crippen LogP contribution is 2.39. The van der Waals surface area contributed by atoms with Crippen molar-refractivity contribution in [1.29, 1.82) is 5.26 Å². The Bertz CT molecular complexity index is 774. The summed E-state index contributed by atoms with van der Waals surface area (Å²) in [7, 11) is 0. The van der Waals surface area contributed by atoms with Crippen LogP contribution in [0.2, 0.25) is 0 Å². The van der Waals surface area contributed by atoms with E-state index in [9.17, 15) is 10.1 Å². The molecule has 2 aromatic rings. The molecule has 3 rings (SSSR count). The number of benzene rings is 1. The van der Waals surface area contributed by atoms with Gasteiger partial charge in [0.15, 0.2) is 6.61 Å². The van der Waals surface area contributed by atoms with Gasteiger partial charge in [0.05, 0.1) is 6.07 Å². The van der Waals surface area contributed by atoms with Gasteiger partial charge in [0.1, 0.15) is 11.3 Å². The molecule has 0 saturated heterocycles. The molecule has 1 N–H and O–H groups in total. The van der Waals surface area contributed by atoms with Gasteiger partial charge < -0.3 is 14.6 Å². The van der Waals surface area contributed by atoms with Gasteiger partial charge >= 0.3 is 0 Å². The molecule has 1 saturated carbocycles. The van der Waals surface area contributed by atoms with Crippen molar-refractivity contribution in [3.8, 4) is 23.2 Å². The van der Waals surface area contributed by atoms with Gasteiger partial charge in [0, 0.05) is 12.5 Å². The maximum absolute atomic E-state index is 12.0. The van der Waals surface area contributed by atoms with E-state index in [-0.39, 0.29) is 18.4 Å². The highest BCUT2D eigenvalue weighted by atomic mass is 16.5. The predicted octanol–water partition coefficient (Wildman–Crippen LogP) is 2.23. The first-order chi connectivity index (χ1) is 11.5. The fourth-order valence-electron chi connectivity index (χ4n) is 2.47. The van der Waals surface area contributed by atoms with Crippen molar-refractivity contribution in [2.24, 2.45) is 5.92 Å². The van der Waals surface area contributed by atoms with Crippen molar-refractivity contribution in [2.75, 3.05) is 6.61 Å². The number of hydrogen-bond acceptors (Lipinski definition) is 6. The largest absolute Gasteiger partial charge is 0.484 e. The van der Waals surface area contributed by atoms with E-state index in [0.29, 0.717) is 17.5 Å². The average Bonchev–Trinajstić information content (AvgIpc) is 3.36. The van der Waals surface area contributed by atoms with E-state index in [1.165, 1.54) is 0 Å². The lowest BCUT2D eigenvalue weighted by molar-refractivity contribution is -0.124. The number of carbonyl (C=O) groups is 1. The minimum atomic E-state index is -0.805. The molecular weight excluding hydrogens is 308 g/mol. The number of aryl methyl sites for hydroxylation is 1. The van der Waals surface area contributed by atoms with E-state index in [4.69, 9.17) is 9.26 Å². The fraction of sp³-hybridized carbons (Fsp3) is 0.412. The number of nitrogens with zero attached hydrogens (tertiary/aromatic N) is 3. The molecule has 1 aliphatic rings. The fourth-order valence-corrected chi connectivity index (χ4v) is 2.47. The number of nitriles is 1. The van der Waals surface area contributed by atoms with Gasteiger partial charge in [-0.25, -0.2) is 0 Å². The van der Waals surface area contributed by atoms with Crippen LogP contribution in [0.15, 0.2) is 28.8 Å². The van der Waals surface area contributed by atoms with Crippen molar-refractivity contribution in [3.63, 3.8) is 0 Å². The van der Waals surface area contributed by atoms with Crippen molar-refractivity contribution in [3.05, 3.63) is 30.2 Å². The van der Waals surface area contributed by atoms with E-state index in [2.05, 4.69) is 21.5 Å². The van der Waals surface area contributed by atoms with E-state index in [1.807, 2.05) is 0 Å². The van der Waals surface area contributed by atoms with Gasteiger partial charge in [-0.1, -0.05) is 5.16 Å². The number of nitrogens with one attached hydrogen (secondary N) is 1. The van der Waals surface area contributed by atoms with Gasteiger partial charge in [0.2, 0.25) is 11.7 Å². The van der Waals surface area contributed by atoms with Crippen molar-refractivity contribution in [1.82, 2.24) is 15.5 Å². The zero-order chi connectivity index (χ0) is 17.2. The molecule has 1 atom stereocenters. The van der Waals surface area contributed by atoms with Gasteiger partial charge in [-0.3, -0.25) is 4.79 Å². The number of carbonyl (C=O) groups excluding carboxylic acids is 1. The number of aromatic nitrogens is 2. The number of rotatable bonds is 6. The van der Waals surface area contributed by atoms with Gasteiger partial charge in [-0.15, -0.1) is 0 Å². The number of ether oxygens (including phenoxy) is 1. The smallest absolute Gasteiger partial charge is 0.259 e. The third-order valence-corrected chi connectivity index (χ3v) is 4.04. The Labute approximate surface area is 139 Å². The number of hydrogen-bond donors (Lipinski definition) is 1. The zero-order valence-electron chi connectivity index (χ0n) is 13.6. The normalized spacial score (nSPS) is 16.0. The topological polar surface area (TPSA) is 101 Å². The summed E-state index contributed by atoms with van der Waals surface area (Å²) in [6, 6.07) is 9.24. The Morgan fingerprint density at radius 3 is 2.71 bits per heavy atom. The lowest BCUT2D eigenvalue weighted by atomic mass is 9.98. The van der Waals surface area contributed by atoms with E-state index in [0.717, 1.165) is 18.4 Å². The Kier molecular flexibility index (Phi) is 4.21. The summed E-state index contributed by atoms with van der Waals surface area (Å²) in [5, 5.41) is 15.8. The Balaban J connectivity index is 1.55. The third-order valence-electron chi connectivity index (χ3n) is 4.04. The Hall–Kier alpha value is -2.88. The van der Waals surface area contributed by atoms with Crippen LogP contribution in [0.1, 0.15) is 25.7 Å². The SMILES string of the molecule is Cc1nc(-c2ccc(OCC(=O)N[C@@](C)(C#N)C3CC3)cc2)no1. The molecular formula is C17H18N4O3. The first kappa shape index (κ1) is 16.0. The van der Waals surface area contributed by atoms with Gasteiger partial charge in [0.25, 0.3) is 5.91 Å². The molecule has 0 spiro atoms. The monoisotopic (exact) mass is 326 g/mol. The van der Waals surface area contributed by atoms with E-state index < -0.39 is 5.54 Å². The maximum atomic E-state index is 12.0. The molecule has 1 aliphatic carbocycles. The molecule has 1 aromatic carbocycles. The van der Waals surface area contributed by atoms with Crippen molar-refractivity contribution < 1.29 is 14.1 Å². The lowest BCUT2D eigenvalue weighted by Gasteiger charge is -2.22. The summed E-state index contributed by atoms with van der Waals surface area (Å²) < 4.78 is 10.4. The van der Waals surface area contributed by atoms with Crippen LogP contribution in [0, 0.1) is 24.2 Å². The summed E-state index contributed by atoms with van der Waals surface area (Å²) in [6.07, 6.45) is 1.95. The van der Waals surface area contributed by atoms with Crippen LogP contribution >= 0.6 is 0 Å². The summed E-state index contributed by atoms with van der Waals surface area (Å²) in [5.74, 6) is 1.50. The second kappa shape index (κ2) is 6.32. The molecule has 0 unspecified atom stereocenters. The highest BCUT2D eigenvalue weighted by Gasteiger charge is 2.43. The third kappa shape index (κ3) is 3.54. The molecule has 1 aromatic heterocycles. The standard InChI is InChI=1S/C17H18N4O3/c1-11-19-16(21-24-11)12-3-7-14(8-4-12)23-9-15(22)20-17(2,10-18)13-5-6-13/h3-4,7-8,13H,5-6,9H2,1-2H3,(H,20,22)/t17-/m0/s1. The zero-order valence-corrected chi connectivity index (χ0v) is 13.6. The summed E-state index contributed by atoms with van der Waals surface area (Å²) >= 11 is 0. The van der Waals surface area contributed by atoms with Crippen LogP contribution in [0.3, 0.4) is 0 Å². The van der Waals surface area contributed by atoms with E-state index in [1.54, 1.807) is 38.1 Å². The molecule has 1 fully saturated rings. The minimum Gasteiger partial charge on any atom is -0.484 e. The summed E-state index contributed by atoms with van der Waals surface area (Å²) in [4.78, 5) is 16.1. The quantitative estimate of drug-likeness (QED) is 0.873. The van der Waals surface area contributed by atoms with Gasteiger partial charge in [-0.05, 0) is 49.9 Å². The Morgan fingerprint density at radius 1 is 1.46 bits per heavy atom.